The van der Waals surface area contributed by atoms with Gasteiger partial charge in [-0.05, 0) is 18.2 Å². The molecule has 0 radical (unpaired) electrons. The first-order valence-electron chi connectivity index (χ1n) is 6.78. The summed E-state index contributed by atoms with van der Waals surface area (Å²) in [5.74, 6) is 0.922. The van der Waals surface area contributed by atoms with Gasteiger partial charge in [-0.15, -0.1) is 11.3 Å². The maximum absolute atomic E-state index is 11.8. The molecule has 2 rings (SSSR count). The molecule has 118 valence electrons. The molecule has 7 heteroatoms. The zero-order valence-electron chi connectivity index (χ0n) is 12.8. The highest BCUT2D eigenvalue weighted by Gasteiger charge is 2.14. The first-order valence-corrected chi connectivity index (χ1v) is 7.65. The SMILES string of the molecule is COc1ccc(-c2csc(NC(=O)C(C)CN)n2)cc1OC. The van der Waals surface area contributed by atoms with E-state index in [9.17, 15) is 4.79 Å². The fourth-order valence-corrected chi connectivity index (χ4v) is 2.52. The molecule has 0 bridgehead atoms. The molecule has 1 unspecified atom stereocenters. The third-order valence-electron chi connectivity index (χ3n) is 3.21. The third-order valence-corrected chi connectivity index (χ3v) is 3.97. The van der Waals surface area contributed by atoms with Gasteiger partial charge in [-0.25, -0.2) is 4.98 Å². The van der Waals surface area contributed by atoms with E-state index in [-0.39, 0.29) is 11.8 Å². The van der Waals surface area contributed by atoms with Crippen LogP contribution in [0.5, 0.6) is 11.5 Å². The second-order valence-electron chi connectivity index (χ2n) is 4.73. The summed E-state index contributed by atoms with van der Waals surface area (Å²) in [4.78, 5) is 16.2. The van der Waals surface area contributed by atoms with Crippen LogP contribution < -0.4 is 20.5 Å². The van der Waals surface area contributed by atoms with Crippen molar-refractivity contribution in [2.75, 3.05) is 26.1 Å². The van der Waals surface area contributed by atoms with Crippen molar-refractivity contribution in [1.82, 2.24) is 4.98 Å². The summed E-state index contributed by atoms with van der Waals surface area (Å²) in [6.07, 6.45) is 0. The van der Waals surface area contributed by atoms with E-state index < -0.39 is 0 Å². The van der Waals surface area contributed by atoms with Crippen LogP contribution in [0.15, 0.2) is 23.6 Å². The van der Waals surface area contributed by atoms with Gasteiger partial charge in [0.05, 0.1) is 19.9 Å². The molecule has 0 fully saturated rings. The van der Waals surface area contributed by atoms with E-state index >= 15 is 0 Å². The average molecular weight is 321 g/mol. The fraction of sp³-hybridized carbons (Fsp3) is 0.333. The Morgan fingerprint density at radius 1 is 1.36 bits per heavy atom. The molecule has 6 nitrogen and oxygen atoms in total. The average Bonchev–Trinajstić information content (AvgIpc) is 3.01. The minimum atomic E-state index is -0.242. The Kier molecular flexibility index (Phi) is 5.35. The zero-order valence-corrected chi connectivity index (χ0v) is 13.6. The molecular weight excluding hydrogens is 302 g/mol. The number of rotatable bonds is 6. The van der Waals surface area contributed by atoms with Gasteiger partial charge in [0.25, 0.3) is 0 Å². The van der Waals surface area contributed by atoms with Crippen molar-refractivity contribution in [1.29, 1.82) is 0 Å². The number of methoxy groups -OCH3 is 2. The number of nitrogens with zero attached hydrogens (tertiary/aromatic N) is 1. The molecule has 1 aromatic carbocycles. The van der Waals surface area contributed by atoms with Gasteiger partial charge in [0, 0.05) is 23.4 Å². The minimum absolute atomic E-state index is 0.129. The number of hydrogen-bond donors (Lipinski definition) is 2. The number of nitrogens with two attached hydrogens (primary N) is 1. The van der Waals surface area contributed by atoms with Gasteiger partial charge in [-0.1, -0.05) is 6.92 Å². The number of anilines is 1. The lowest BCUT2D eigenvalue weighted by Crippen LogP contribution is -2.26. The Balaban J connectivity index is 2.19. The van der Waals surface area contributed by atoms with Crippen LogP contribution in [0.2, 0.25) is 0 Å². The number of ether oxygens (including phenoxy) is 2. The van der Waals surface area contributed by atoms with Crippen LogP contribution in [0.25, 0.3) is 11.3 Å². The first kappa shape index (κ1) is 16.3. The standard InChI is InChI=1S/C15H19N3O3S/c1-9(7-16)14(19)18-15-17-11(8-22-15)10-4-5-12(20-2)13(6-10)21-3/h4-6,8-9H,7,16H2,1-3H3,(H,17,18,19). The van der Waals surface area contributed by atoms with E-state index in [1.54, 1.807) is 21.1 Å². The Morgan fingerprint density at radius 3 is 2.73 bits per heavy atom. The normalized spacial score (nSPS) is 11.8. The smallest absolute Gasteiger partial charge is 0.230 e. The highest BCUT2D eigenvalue weighted by atomic mass is 32.1. The molecule has 0 saturated carbocycles. The van der Waals surface area contributed by atoms with Crippen LogP contribution >= 0.6 is 11.3 Å². The number of carbonyl (C=O) groups excluding carboxylic acids is 1. The summed E-state index contributed by atoms with van der Waals surface area (Å²) in [6.45, 7) is 2.08. The summed E-state index contributed by atoms with van der Waals surface area (Å²) >= 11 is 1.37. The van der Waals surface area contributed by atoms with E-state index in [4.69, 9.17) is 15.2 Å². The molecule has 1 amide bonds. The predicted molar refractivity (Wildman–Crippen MR) is 87.5 cm³/mol. The van der Waals surface area contributed by atoms with E-state index in [1.807, 2.05) is 23.6 Å². The van der Waals surface area contributed by atoms with Gasteiger partial charge in [0.2, 0.25) is 5.91 Å². The van der Waals surface area contributed by atoms with Crippen molar-refractivity contribution in [2.45, 2.75) is 6.92 Å². The second kappa shape index (κ2) is 7.24. The maximum Gasteiger partial charge on any atom is 0.230 e. The first-order chi connectivity index (χ1) is 10.6. The molecule has 22 heavy (non-hydrogen) atoms. The molecule has 0 spiro atoms. The number of benzene rings is 1. The van der Waals surface area contributed by atoms with Gasteiger partial charge >= 0.3 is 0 Å². The largest absolute Gasteiger partial charge is 0.493 e. The lowest BCUT2D eigenvalue weighted by atomic mass is 10.1. The van der Waals surface area contributed by atoms with Crippen molar-refractivity contribution < 1.29 is 14.3 Å². The number of hydrogen-bond acceptors (Lipinski definition) is 6. The van der Waals surface area contributed by atoms with Crippen molar-refractivity contribution >= 4 is 22.4 Å². The lowest BCUT2D eigenvalue weighted by molar-refractivity contribution is -0.119. The molecule has 0 aliphatic carbocycles. The Bertz CT molecular complexity index is 657. The van der Waals surface area contributed by atoms with E-state index in [0.717, 1.165) is 11.3 Å². The predicted octanol–water partition coefficient (Wildman–Crippen LogP) is 2.36. The maximum atomic E-state index is 11.8. The van der Waals surface area contributed by atoms with Gasteiger partial charge in [-0.2, -0.15) is 0 Å². The van der Waals surface area contributed by atoms with Crippen molar-refractivity contribution in [2.24, 2.45) is 11.7 Å². The zero-order chi connectivity index (χ0) is 16.1. The number of carbonyl (C=O) groups is 1. The molecule has 2 aromatic rings. The van der Waals surface area contributed by atoms with Crippen molar-refractivity contribution in [3.63, 3.8) is 0 Å². The van der Waals surface area contributed by atoms with Crippen LogP contribution in [-0.2, 0) is 4.79 Å². The van der Waals surface area contributed by atoms with Crippen LogP contribution in [0.3, 0.4) is 0 Å². The number of amides is 1. The molecule has 3 N–H and O–H groups in total. The number of thiazole rings is 1. The molecule has 1 heterocycles. The summed E-state index contributed by atoms with van der Waals surface area (Å²) in [5.41, 5.74) is 7.13. The van der Waals surface area contributed by atoms with Gasteiger partial charge in [0.1, 0.15) is 0 Å². The Hall–Kier alpha value is -2.12. The fourth-order valence-electron chi connectivity index (χ4n) is 1.79. The van der Waals surface area contributed by atoms with Crippen molar-refractivity contribution in [3.05, 3.63) is 23.6 Å². The monoisotopic (exact) mass is 321 g/mol. The Labute approximate surface area is 133 Å². The van der Waals surface area contributed by atoms with Crippen molar-refractivity contribution in [3.8, 4) is 22.8 Å². The molecule has 1 atom stereocenters. The molecule has 0 aliphatic rings. The summed E-state index contributed by atoms with van der Waals surface area (Å²) in [5, 5.41) is 5.20. The number of aromatic nitrogens is 1. The topological polar surface area (TPSA) is 86.5 Å². The molecular formula is C15H19N3O3S. The van der Waals surface area contributed by atoms with Crippen LogP contribution in [0.1, 0.15) is 6.92 Å². The van der Waals surface area contributed by atoms with Gasteiger partial charge in [-0.3, -0.25) is 4.79 Å². The van der Waals surface area contributed by atoms with Crippen LogP contribution in [0, 0.1) is 5.92 Å². The van der Waals surface area contributed by atoms with E-state index in [2.05, 4.69) is 10.3 Å². The van der Waals surface area contributed by atoms with Crippen LogP contribution in [0.4, 0.5) is 5.13 Å². The summed E-state index contributed by atoms with van der Waals surface area (Å²) in [7, 11) is 3.18. The van der Waals surface area contributed by atoms with E-state index in [1.165, 1.54) is 11.3 Å². The molecule has 0 aliphatic heterocycles. The summed E-state index contributed by atoms with van der Waals surface area (Å²) < 4.78 is 10.5. The van der Waals surface area contributed by atoms with E-state index in [0.29, 0.717) is 23.2 Å². The summed E-state index contributed by atoms with van der Waals surface area (Å²) in [6, 6.07) is 5.56. The molecule has 1 aromatic heterocycles. The Morgan fingerprint density at radius 2 is 2.09 bits per heavy atom. The van der Waals surface area contributed by atoms with Gasteiger partial charge < -0.3 is 20.5 Å². The van der Waals surface area contributed by atoms with Gasteiger partial charge in [0.15, 0.2) is 16.6 Å². The second-order valence-corrected chi connectivity index (χ2v) is 5.59. The third kappa shape index (κ3) is 3.55. The minimum Gasteiger partial charge on any atom is -0.493 e. The highest BCUT2D eigenvalue weighted by Crippen LogP contribution is 2.33. The highest BCUT2D eigenvalue weighted by molar-refractivity contribution is 7.14. The number of nitrogens with one attached hydrogen (secondary N) is 1. The van der Waals surface area contributed by atoms with Crippen LogP contribution in [-0.4, -0.2) is 31.7 Å². The lowest BCUT2D eigenvalue weighted by Gasteiger charge is -2.08. The quantitative estimate of drug-likeness (QED) is 0.853. The molecule has 0 saturated heterocycles.